The number of carboxylic acids is 1. The van der Waals surface area contributed by atoms with E-state index < -0.39 is 17.3 Å². The van der Waals surface area contributed by atoms with Gasteiger partial charge >= 0.3 is 5.97 Å². The third kappa shape index (κ3) is 1.80. The van der Waals surface area contributed by atoms with Crippen LogP contribution >= 0.6 is 0 Å². The van der Waals surface area contributed by atoms with Crippen molar-refractivity contribution in [3.8, 4) is 0 Å². The average molecular weight is 234 g/mol. The summed E-state index contributed by atoms with van der Waals surface area (Å²) in [6.07, 6.45) is 4.50. The molecule has 0 aliphatic carbocycles. The topological polar surface area (TPSA) is 55.1 Å². The molecule has 0 spiro atoms. The van der Waals surface area contributed by atoms with Gasteiger partial charge in [-0.3, -0.25) is 0 Å². The zero-order chi connectivity index (χ0) is 12.5. The Bertz CT molecular complexity index is 522. The summed E-state index contributed by atoms with van der Waals surface area (Å²) in [4.78, 5) is 15.3. The summed E-state index contributed by atoms with van der Waals surface area (Å²) < 4.78 is 14.3. The van der Waals surface area contributed by atoms with Crippen molar-refractivity contribution < 1.29 is 14.3 Å². The van der Waals surface area contributed by atoms with E-state index in [4.69, 9.17) is 0 Å². The Balaban J connectivity index is 2.56. The molecule has 2 aromatic rings. The molecule has 88 valence electrons. The number of carbonyl (C=O) groups is 1. The molecule has 4 nitrogen and oxygen atoms in total. The van der Waals surface area contributed by atoms with E-state index in [-0.39, 0.29) is 0 Å². The predicted molar refractivity (Wildman–Crippen MR) is 59.0 cm³/mol. The predicted octanol–water partition coefficient (Wildman–Crippen LogP) is 1.87. The van der Waals surface area contributed by atoms with Crippen molar-refractivity contribution >= 4 is 5.97 Å². The standard InChI is InChI=1S/C12H11FN2O2/c1-12(11(16)17,15-7-6-14-8-15)9-2-4-10(13)5-3-9/h2-8H,1H3,(H,16,17). The molecular formula is C12H11FN2O2. The van der Waals surface area contributed by atoms with Crippen LogP contribution in [0.2, 0.25) is 0 Å². The summed E-state index contributed by atoms with van der Waals surface area (Å²) in [5, 5.41) is 9.38. The Morgan fingerprint density at radius 2 is 2.06 bits per heavy atom. The highest BCUT2D eigenvalue weighted by Crippen LogP contribution is 2.26. The highest BCUT2D eigenvalue weighted by molar-refractivity contribution is 5.80. The molecule has 1 heterocycles. The molecule has 1 unspecified atom stereocenters. The van der Waals surface area contributed by atoms with Gasteiger partial charge in [-0.05, 0) is 24.6 Å². The van der Waals surface area contributed by atoms with Gasteiger partial charge in [-0.1, -0.05) is 12.1 Å². The zero-order valence-corrected chi connectivity index (χ0v) is 9.17. The molecule has 1 N–H and O–H groups in total. The van der Waals surface area contributed by atoms with Crippen LogP contribution in [0.4, 0.5) is 4.39 Å². The molecule has 0 bridgehead atoms. The van der Waals surface area contributed by atoms with Gasteiger partial charge in [-0.25, -0.2) is 14.2 Å². The van der Waals surface area contributed by atoms with E-state index in [1.165, 1.54) is 41.4 Å². The third-order valence-electron chi connectivity index (χ3n) is 2.84. The van der Waals surface area contributed by atoms with Crippen molar-refractivity contribution in [3.05, 3.63) is 54.4 Å². The van der Waals surface area contributed by atoms with Crippen LogP contribution in [0.25, 0.3) is 0 Å². The van der Waals surface area contributed by atoms with Gasteiger partial charge in [0, 0.05) is 12.4 Å². The lowest BCUT2D eigenvalue weighted by Gasteiger charge is -2.26. The number of hydrogen-bond acceptors (Lipinski definition) is 2. The second kappa shape index (κ2) is 4.01. The molecule has 0 amide bonds. The van der Waals surface area contributed by atoms with Gasteiger partial charge < -0.3 is 9.67 Å². The second-order valence-electron chi connectivity index (χ2n) is 3.85. The first-order chi connectivity index (χ1) is 8.05. The van der Waals surface area contributed by atoms with Crippen LogP contribution in [0.3, 0.4) is 0 Å². The molecule has 0 saturated heterocycles. The van der Waals surface area contributed by atoms with Gasteiger partial charge in [-0.15, -0.1) is 0 Å². The molecule has 0 aliphatic rings. The first-order valence-corrected chi connectivity index (χ1v) is 5.03. The van der Waals surface area contributed by atoms with Gasteiger partial charge in [-0.2, -0.15) is 0 Å². The maximum Gasteiger partial charge on any atom is 0.334 e. The van der Waals surface area contributed by atoms with Crippen molar-refractivity contribution in [1.82, 2.24) is 9.55 Å². The second-order valence-corrected chi connectivity index (χ2v) is 3.85. The largest absolute Gasteiger partial charge is 0.479 e. The van der Waals surface area contributed by atoms with Crippen LogP contribution in [0.1, 0.15) is 12.5 Å². The van der Waals surface area contributed by atoms with Crippen molar-refractivity contribution in [1.29, 1.82) is 0 Å². The van der Waals surface area contributed by atoms with E-state index in [1.807, 2.05) is 0 Å². The van der Waals surface area contributed by atoms with Crippen molar-refractivity contribution in [2.45, 2.75) is 12.5 Å². The van der Waals surface area contributed by atoms with Crippen LogP contribution in [-0.2, 0) is 10.3 Å². The molecule has 0 radical (unpaired) electrons. The first-order valence-electron chi connectivity index (χ1n) is 5.03. The SMILES string of the molecule is CC(C(=O)O)(c1ccc(F)cc1)n1ccnc1. The Labute approximate surface area is 97.3 Å². The molecule has 1 aromatic heterocycles. The average Bonchev–Trinajstić information content (AvgIpc) is 2.82. The van der Waals surface area contributed by atoms with Crippen LogP contribution < -0.4 is 0 Å². The lowest BCUT2D eigenvalue weighted by Crippen LogP contribution is -2.39. The first kappa shape index (κ1) is 11.3. The van der Waals surface area contributed by atoms with E-state index in [0.29, 0.717) is 5.56 Å². The van der Waals surface area contributed by atoms with Crippen molar-refractivity contribution in [2.24, 2.45) is 0 Å². The number of aliphatic carboxylic acids is 1. The van der Waals surface area contributed by atoms with Crippen LogP contribution in [0.5, 0.6) is 0 Å². The van der Waals surface area contributed by atoms with E-state index in [9.17, 15) is 14.3 Å². The highest BCUT2D eigenvalue weighted by atomic mass is 19.1. The zero-order valence-electron chi connectivity index (χ0n) is 9.17. The van der Waals surface area contributed by atoms with E-state index in [1.54, 1.807) is 13.1 Å². The number of benzene rings is 1. The molecule has 0 saturated carbocycles. The third-order valence-corrected chi connectivity index (χ3v) is 2.84. The molecule has 17 heavy (non-hydrogen) atoms. The number of nitrogens with zero attached hydrogens (tertiary/aromatic N) is 2. The Kier molecular flexibility index (Phi) is 2.67. The molecule has 0 fully saturated rings. The van der Waals surface area contributed by atoms with E-state index >= 15 is 0 Å². The Morgan fingerprint density at radius 3 is 2.53 bits per heavy atom. The maximum atomic E-state index is 12.9. The van der Waals surface area contributed by atoms with E-state index in [0.717, 1.165) is 0 Å². The molecular weight excluding hydrogens is 223 g/mol. The van der Waals surface area contributed by atoms with Crippen LogP contribution in [-0.4, -0.2) is 20.6 Å². The molecule has 5 heteroatoms. The minimum Gasteiger partial charge on any atom is -0.479 e. The van der Waals surface area contributed by atoms with Gasteiger partial charge in [0.05, 0.1) is 6.33 Å². The fourth-order valence-electron chi connectivity index (χ4n) is 1.68. The number of imidazole rings is 1. The Hall–Kier alpha value is -2.17. The minimum atomic E-state index is -1.29. The lowest BCUT2D eigenvalue weighted by atomic mass is 9.92. The summed E-state index contributed by atoms with van der Waals surface area (Å²) in [7, 11) is 0. The number of rotatable bonds is 3. The Morgan fingerprint density at radius 1 is 1.41 bits per heavy atom. The molecule has 1 aromatic carbocycles. The fraction of sp³-hybridized carbons (Fsp3) is 0.167. The van der Waals surface area contributed by atoms with Gasteiger partial charge in [0.25, 0.3) is 0 Å². The fourth-order valence-corrected chi connectivity index (χ4v) is 1.68. The summed E-state index contributed by atoms with van der Waals surface area (Å²) in [6.45, 7) is 1.55. The quantitative estimate of drug-likeness (QED) is 0.882. The van der Waals surface area contributed by atoms with Crippen molar-refractivity contribution in [2.75, 3.05) is 0 Å². The summed E-state index contributed by atoms with van der Waals surface area (Å²) in [5.41, 5.74) is -0.797. The number of carboxylic acid groups (broad SMARTS) is 1. The van der Waals surface area contributed by atoms with E-state index in [2.05, 4.69) is 4.98 Å². The molecule has 1 atom stereocenters. The smallest absolute Gasteiger partial charge is 0.334 e. The summed E-state index contributed by atoms with van der Waals surface area (Å²) in [5.74, 6) is -1.42. The number of hydrogen-bond donors (Lipinski definition) is 1. The molecule has 0 aliphatic heterocycles. The van der Waals surface area contributed by atoms with Crippen LogP contribution in [0.15, 0.2) is 43.0 Å². The minimum absolute atomic E-state index is 0.396. The normalized spacial score (nSPS) is 14.2. The maximum absolute atomic E-state index is 12.9. The summed E-state index contributed by atoms with van der Waals surface area (Å²) >= 11 is 0. The van der Waals surface area contributed by atoms with Gasteiger partial charge in [0.15, 0.2) is 5.54 Å². The van der Waals surface area contributed by atoms with Gasteiger partial charge in [0.2, 0.25) is 0 Å². The lowest BCUT2D eigenvalue weighted by molar-refractivity contribution is -0.144. The number of aromatic nitrogens is 2. The number of halogens is 1. The highest BCUT2D eigenvalue weighted by Gasteiger charge is 2.36. The summed E-state index contributed by atoms with van der Waals surface area (Å²) in [6, 6.07) is 5.41. The molecule has 2 rings (SSSR count). The van der Waals surface area contributed by atoms with Gasteiger partial charge in [0.1, 0.15) is 5.82 Å². The monoisotopic (exact) mass is 234 g/mol. The van der Waals surface area contributed by atoms with Crippen LogP contribution in [0, 0.1) is 5.82 Å². The van der Waals surface area contributed by atoms with Crippen molar-refractivity contribution in [3.63, 3.8) is 0 Å².